The molecule has 3 aromatic rings. The first-order chi connectivity index (χ1) is 16.5. The zero-order valence-corrected chi connectivity index (χ0v) is 21.5. The van der Waals surface area contributed by atoms with Gasteiger partial charge in [-0.2, -0.15) is 0 Å². The first-order valence-electron chi connectivity index (χ1n) is 11.5. The summed E-state index contributed by atoms with van der Waals surface area (Å²) in [6.45, 7) is 9.25. The van der Waals surface area contributed by atoms with E-state index in [1.165, 1.54) is 17.4 Å². The van der Waals surface area contributed by atoms with Gasteiger partial charge >= 0.3 is 0 Å². The van der Waals surface area contributed by atoms with Crippen molar-refractivity contribution in [3.63, 3.8) is 0 Å². The predicted octanol–water partition coefficient (Wildman–Crippen LogP) is 4.45. The van der Waals surface area contributed by atoms with Gasteiger partial charge in [0.1, 0.15) is 5.69 Å². The molecule has 0 N–H and O–H groups in total. The van der Waals surface area contributed by atoms with E-state index in [2.05, 4.69) is 23.7 Å². The molecule has 1 saturated heterocycles. The molecule has 0 aliphatic carbocycles. The third kappa shape index (κ3) is 6.07. The molecule has 1 fully saturated rings. The number of rotatable bonds is 9. The van der Waals surface area contributed by atoms with Crippen molar-refractivity contribution in [2.45, 2.75) is 13.8 Å². The Balaban J connectivity index is 0.00000342. The molecule has 1 aliphatic rings. The van der Waals surface area contributed by atoms with Crippen molar-refractivity contribution in [2.75, 3.05) is 62.3 Å². The average Bonchev–Trinajstić information content (AvgIpc) is 3.30. The lowest BCUT2D eigenvalue weighted by molar-refractivity contribution is -0.384. The molecule has 2 aromatic carbocycles. The molecular formula is C24H30ClN5O4S. The fourth-order valence-corrected chi connectivity index (χ4v) is 5.06. The number of nitro benzene ring substituents is 1. The second-order valence-electron chi connectivity index (χ2n) is 8.01. The van der Waals surface area contributed by atoms with E-state index >= 15 is 0 Å². The molecule has 4 rings (SSSR count). The lowest BCUT2D eigenvalue weighted by Crippen LogP contribution is -2.39. The molecular weight excluding hydrogens is 490 g/mol. The summed E-state index contributed by atoms with van der Waals surface area (Å²) in [5.74, 6) is -0.289. The lowest BCUT2D eigenvalue weighted by Gasteiger charge is -2.29. The Labute approximate surface area is 214 Å². The van der Waals surface area contributed by atoms with Gasteiger partial charge < -0.3 is 14.5 Å². The van der Waals surface area contributed by atoms with Crippen molar-refractivity contribution in [1.82, 2.24) is 9.88 Å². The molecule has 2 heterocycles. The Morgan fingerprint density at radius 3 is 2.51 bits per heavy atom. The highest BCUT2D eigenvalue weighted by Gasteiger charge is 2.27. The van der Waals surface area contributed by atoms with Gasteiger partial charge in [-0.15, -0.1) is 12.4 Å². The minimum atomic E-state index is -0.417. The first-order valence-corrected chi connectivity index (χ1v) is 12.3. The normalized spacial score (nSPS) is 13.6. The van der Waals surface area contributed by atoms with Crippen LogP contribution in [0.25, 0.3) is 10.2 Å². The number of nitro groups is 1. The number of hydrogen-bond acceptors (Lipinski definition) is 8. The van der Waals surface area contributed by atoms with Crippen LogP contribution in [0.5, 0.6) is 0 Å². The summed E-state index contributed by atoms with van der Waals surface area (Å²) >= 11 is 1.45. The second-order valence-corrected chi connectivity index (χ2v) is 9.02. The van der Waals surface area contributed by atoms with E-state index in [0.29, 0.717) is 50.2 Å². The van der Waals surface area contributed by atoms with Gasteiger partial charge in [0, 0.05) is 37.8 Å². The molecule has 11 heteroatoms. The Kier molecular flexibility index (Phi) is 9.39. The highest BCUT2D eigenvalue weighted by Crippen LogP contribution is 2.33. The van der Waals surface area contributed by atoms with Gasteiger partial charge in [0.2, 0.25) is 0 Å². The number of nitrogens with zero attached hydrogens (tertiary/aromatic N) is 5. The maximum Gasteiger partial charge on any atom is 0.293 e. The van der Waals surface area contributed by atoms with Crippen LogP contribution in [0.1, 0.15) is 24.2 Å². The number of anilines is 2. The smallest absolute Gasteiger partial charge is 0.293 e. The van der Waals surface area contributed by atoms with Gasteiger partial charge in [-0.25, -0.2) is 4.98 Å². The number of benzene rings is 2. The van der Waals surface area contributed by atoms with Crippen LogP contribution in [0.15, 0.2) is 42.5 Å². The van der Waals surface area contributed by atoms with Crippen molar-refractivity contribution >= 4 is 56.4 Å². The SMILES string of the molecule is CCN(CC)CCN(C(=O)c1ccc(N2CCOCC2)c([N+](=O)[O-])c1)c1nc2ccccc2s1.Cl. The van der Waals surface area contributed by atoms with Crippen LogP contribution < -0.4 is 9.80 Å². The maximum atomic E-state index is 13.7. The molecule has 9 nitrogen and oxygen atoms in total. The summed E-state index contributed by atoms with van der Waals surface area (Å²) in [5, 5.41) is 12.5. The van der Waals surface area contributed by atoms with Crippen LogP contribution in [0.4, 0.5) is 16.5 Å². The zero-order chi connectivity index (χ0) is 24.1. The number of hydrogen-bond donors (Lipinski definition) is 0. The Hall–Kier alpha value is -2.79. The zero-order valence-electron chi connectivity index (χ0n) is 19.9. The number of fused-ring (bicyclic) bond motifs is 1. The molecule has 1 aromatic heterocycles. The molecule has 0 bridgehead atoms. The monoisotopic (exact) mass is 519 g/mol. The first kappa shape index (κ1) is 26.8. The maximum absolute atomic E-state index is 13.7. The summed E-state index contributed by atoms with van der Waals surface area (Å²) < 4.78 is 6.36. The van der Waals surface area contributed by atoms with Crippen LogP contribution in [-0.2, 0) is 4.74 Å². The number of thiazole rings is 1. The standard InChI is InChI=1S/C24H29N5O4S.ClH/c1-3-26(4-2)11-12-28(24-25-19-7-5-6-8-22(19)34-24)23(30)18-9-10-20(21(17-18)29(31)32)27-13-15-33-16-14-27;/h5-10,17H,3-4,11-16H2,1-2H3;1H. The minimum Gasteiger partial charge on any atom is -0.378 e. The van der Waals surface area contributed by atoms with E-state index in [1.54, 1.807) is 17.0 Å². The number of aromatic nitrogens is 1. The van der Waals surface area contributed by atoms with Crippen molar-refractivity contribution in [1.29, 1.82) is 0 Å². The van der Waals surface area contributed by atoms with E-state index in [1.807, 2.05) is 29.2 Å². The van der Waals surface area contributed by atoms with Gasteiger partial charge in [-0.05, 0) is 37.4 Å². The van der Waals surface area contributed by atoms with Crippen molar-refractivity contribution in [3.05, 3.63) is 58.1 Å². The molecule has 0 unspecified atom stereocenters. The minimum absolute atomic E-state index is 0. The molecule has 1 amide bonds. The molecule has 0 atom stereocenters. The number of carbonyl (C=O) groups excluding carboxylic acids is 1. The molecule has 0 radical (unpaired) electrons. The largest absolute Gasteiger partial charge is 0.378 e. The van der Waals surface area contributed by atoms with Gasteiger partial charge in [0.05, 0.1) is 28.4 Å². The fraction of sp³-hybridized carbons (Fsp3) is 0.417. The summed E-state index contributed by atoms with van der Waals surface area (Å²) in [5.41, 5.74) is 1.56. The molecule has 1 aliphatic heterocycles. The van der Waals surface area contributed by atoms with E-state index < -0.39 is 4.92 Å². The van der Waals surface area contributed by atoms with E-state index in [-0.39, 0.29) is 29.6 Å². The average molecular weight is 520 g/mol. The van der Waals surface area contributed by atoms with Gasteiger partial charge in [0.25, 0.3) is 11.6 Å². The number of amides is 1. The summed E-state index contributed by atoms with van der Waals surface area (Å²) in [4.78, 5) is 35.7. The summed E-state index contributed by atoms with van der Waals surface area (Å²) in [6, 6.07) is 12.5. The number of likely N-dealkylation sites (N-methyl/N-ethyl adjacent to an activating group) is 1. The third-order valence-electron chi connectivity index (χ3n) is 6.06. The van der Waals surface area contributed by atoms with Gasteiger partial charge in [-0.3, -0.25) is 19.8 Å². The highest BCUT2D eigenvalue weighted by molar-refractivity contribution is 7.22. The van der Waals surface area contributed by atoms with Crippen LogP contribution >= 0.6 is 23.7 Å². The number of morpholine rings is 1. The molecule has 0 saturated carbocycles. The van der Waals surface area contributed by atoms with E-state index in [9.17, 15) is 14.9 Å². The van der Waals surface area contributed by atoms with Crippen LogP contribution in [0.3, 0.4) is 0 Å². The Morgan fingerprint density at radius 2 is 1.86 bits per heavy atom. The molecule has 0 spiro atoms. The van der Waals surface area contributed by atoms with Crippen molar-refractivity contribution in [3.8, 4) is 0 Å². The Bertz CT molecular complexity index is 1130. The Morgan fingerprint density at radius 1 is 1.14 bits per heavy atom. The molecule has 188 valence electrons. The number of carbonyl (C=O) groups is 1. The summed E-state index contributed by atoms with van der Waals surface area (Å²) in [7, 11) is 0. The highest BCUT2D eigenvalue weighted by atomic mass is 35.5. The predicted molar refractivity (Wildman–Crippen MR) is 142 cm³/mol. The number of ether oxygens (including phenoxy) is 1. The van der Waals surface area contributed by atoms with Crippen molar-refractivity contribution in [2.24, 2.45) is 0 Å². The molecule has 35 heavy (non-hydrogen) atoms. The number of para-hydroxylation sites is 1. The van der Waals surface area contributed by atoms with Gasteiger partial charge in [-0.1, -0.05) is 37.3 Å². The number of halogens is 1. The van der Waals surface area contributed by atoms with E-state index in [0.717, 1.165) is 23.3 Å². The van der Waals surface area contributed by atoms with Crippen LogP contribution in [-0.4, -0.2) is 73.2 Å². The quantitative estimate of drug-likeness (QED) is 0.304. The van der Waals surface area contributed by atoms with Crippen LogP contribution in [0, 0.1) is 10.1 Å². The van der Waals surface area contributed by atoms with Crippen molar-refractivity contribution < 1.29 is 14.5 Å². The van der Waals surface area contributed by atoms with Crippen LogP contribution in [0.2, 0.25) is 0 Å². The third-order valence-corrected chi connectivity index (χ3v) is 7.12. The summed E-state index contributed by atoms with van der Waals surface area (Å²) in [6.07, 6.45) is 0. The van der Waals surface area contributed by atoms with Gasteiger partial charge in [0.15, 0.2) is 5.13 Å². The topological polar surface area (TPSA) is 92.0 Å². The van der Waals surface area contributed by atoms with E-state index in [4.69, 9.17) is 4.74 Å². The second kappa shape index (κ2) is 12.3. The fourth-order valence-electron chi connectivity index (χ4n) is 4.07. The lowest BCUT2D eigenvalue weighted by atomic mass is 10.1.